The lowest BCUT2D eigenvalue weighted by Crippen LogP contribution is -2.17. The van der Waals surface area contributed by atoms with E-state index in [-0.39, 0.29) is 0 Å². The van der Waals surface area contributed by atoms with Crippen molar-refractivity contribution < 1.29 is 0 Å². The molecule has 0 bridgehead atoms. The van der Waals surface area contributed by atoms with Gasteiger partial charge in [-0.25, -0.2) is 4.98 Å². The molecule has 1 N–H and O–H groups in total. The third-order valence-corrected chi connectivity index (χ3v) is 3.79. The lowest BCUT2D eigenvalue weighted by atomic mass is 10.0. The van der Waals surface area contributed by atoms with Crippen LogP contribution in [0.5, 0.6) is 0 Å². The summed E-state index contributed by atoms with van der Waals surface area (Å²) < 4.78 is 2.10. The van der Waals surface area contributed by atoms with Crippen LogP contribution in [0.4, 0.5) is 0 Å². The minimum absolute atomic E-state index is 0.752. The van der Waals surface area contributed by atoms with Gasteiger partial charge in [0.15, 0.2) is 0 Å². The van der Waals surface area contributed by atoms with Gasteiger partial charge in [-0.1, -0.05) is 23.8 Å². The van der Waals surface area contributed by atoms with Gasteiger partial charge in [0.25, 0.3) is 0 Å². The second kappa shape index (κ2) is 5.17. The maximum atomic E-state index is 4.43. The van der Waals surface area contributed by atoms with Crippen LogP contribution in [0.2, 0.25) is 0 Å². The summed E-state index contributed by atoms with van der Waals surface area (Å²) >= 11 is 0. The molecule has 0 unspecified atom stereocenters. The summed E-state index contributed by atoms with van der Waals surface area (Å²) in [7, 11) is 2.06. The molecule has 1 aromatic carbocycles. The molecule has 19 heavy (non-hydrogen) atoms. The topological polar surface area (TPSA) is 29.9 Å². The SMILES string of the molecule is Cc1ccc(CNC2CC2)c(Cc2nccn2C)c1. The van der Waals surface area contributed by atoms with Crippen molar-refractivity contribution in [1.29, 1.82) is 0 Å². The van der Waals surface area contributed by atoms with Gasteiger partial charge in [-0.05, 0) is 30.9 Å². The van der Waals surface area contributed by atoms with Gasteiger partial charge in [-0.15, -0.1) is 0 Å². The van der Waals surface area contributed by atoms with E-state index in [0.29, 0.717) is 0 Å². The number of imidazole rings is 1. The van der Waals surface area contributed by atoms with Crippen LogP contribution in [-0.4, -0.2) is 15.6 Å². The molecule has 1 saturated carbocycles. The number of hydrogen-bond acceptors (Lipinski definition) is 2. The Kier molecular flexibility index (Phi) is 3.38. The van der Waals surface area contributed by atoms with Gasteiger partial charge in [0.1, 0.15) is 5.82 Å². The number of benzene rings is 1. The highest BCUT2D eigenvalue weighted by Crippen LogP contribution is 2.21. The Labute approximate surface area is 114 Å². The number of nitrogens with one attached hydrogen (secondary N) is 1. The van der Waals surface area contributed by atoms with Gasteiger partial charge in [-0.2, -0.15) is 0 Å². The van der Waals surface area contributed by atoms with Crippen molar-refractivity contribution in [3.8, 4) is 0 Å². The van der Waals surface area contributed by atoms with Crippen molar-refractivity contribution in [3.05, 3.63) is 53.1 Å². The molecular weight excluding hydrogens is 234 g/mol. The van der Waals surface area contributed by atoms with E-state index in [9.17, 15) is 0 Å². The highest BCUT2D eigenvalue weighted by atomic mass is 15.0. The fourth-order valence-corrected chi connectivity index (χ4v) is 2.37. The molecule has 3 rings (SSSR count). The molecular formula is C16H21N3. The molecule has 1 heterocycles. The molecule has 3 heteroatoms. The van der Waals surface area contributed by atoms with Crippen molar-refractivity contribution in [1.82, 2.24) is 14.9 Å². The first kappa shape index (κ1) is 12.4. The maximum Gasteiger partial charge on any atom is 0.112 e. The van der Waals surface area contributed by atoms with Crippen LogP contribution < -0.4 is 5.32 Å². The molecule has 0 aliphatic heterocycles. The summed E-state index contributed by atoms with van der Waals surface area (Å²) in [5, 5.41) is 3.60. The Bertz CT molecular complexity index is 567. The number of aryl methyl sites for hydroxylation is 2. The molecule has 2 aromatic rings. The first-order valence-electron chi connectivity index (χ1n) is 7.00. The minimum Gasteiger partial charge on any atom is -0.338 e. The fraction of sp³-hybridized carbons (Fsp3) is 0.438. The molecule has 0 radical (unpaired) electrons. The normalized spacial score (nSPS) is 14.8. The van der Waals surface area contributed by atoms with Gasteiger partial charge >= 0.3 is 0 Å². The Hall–Kier alpha value is -1.61. The highest BCUT2D eigenvalue weighted by molar-refractivity contribution is 5.33. The predicted octanol–water partition coefficient (Wildman–Crippen LogP) is 2.57. The van der Waals surface area contributed by atoms with Gasteiger partial charge in [0, 0.05) is 38.4 Å². The largest absolute Gasteiger partial charge is 0.338 e. The van der Waals surface area contributed by atoms with E-state index in [1.807, 2.05) is 12.4 Å². The standard InChI is InChI=1S/C16H21N3/c1-12-3-4-13(11-18-15-5-6-15)14(9-12)10-16-17-7-8-19(16)2/h3-4,7-9,15,18H,5-6,10-11H2,1-2H3. The zero-order valence-corrected chi connectivity index (χ0v) is 11.7. The molecule has 1 aromatic heterocycles. The fourth-order valence-electron chi connectivity index (χ4n) is 2.37. The molecule has 1 aliphatic carbocycles. The monoisotopic (exact) mass is 255 g/mol. The zero-order chi connectivity index (χ0) is 13.2. The Morgan fingerprint density at radius 2 is 2.16 bits per heavy atom. The molecule has 0 spiro atoms. The first-order valence-corrected chi connectivity index (χ1v) is 7.00. The first-order chi connectivity index (χ1) is 9.22. The summed E-state index contributed by atoms with van der Waals surface area (Å²) in [6.07, 6.45) is 7.45. The Morgan fingerprint density at radius 3 is 2.84 bits per heavy atom. The van der Waals surface area contributed by atoms with Crippen LogP contribution in [0.25, 0.3) is 0 Å². The van der Waals surface area contributed by atoms with Gasteiger partial charge in [0.05, 0.1) is 0 Å². The van der Waals surface area contributed by atoms with E-state index in [1.54, 1.807) is 0 Å². The van der Waals surface area contributed by atoms with Crippen molar-refractivity contribution in [2.24, 2.45) is 7.05 Å². The summed E-state index contributed by atoms with van der Waals surface area (Å²) in [6, 6.07) is 7.50. The van der Waals surface area contributed by atoms with E-state index in [0.717, 1.165) is 24.8 Å². The highest BCUT2D eigenvalue weighted by Gasteiger charge is 2.20. The predicted molar refractivity (Wildman–Crippen MR) is 77.1 cm³/mol. The van der Waals surface area contributed by atoms with Crippen molar-refractivity contribution in [2.45, 2.75) is 38.8 Å². The summed E-state index contributed by atoms with van der Waals surface area (Å²) in [4.78, 5) is 4.43. The lowest BCUT2D eigenvalue weighted by Gasteiger charge is -2.11. The van der Waals surface area contributed by atoms with E-state index in [2.05, 4.69) is 47.0 Å². The summed E-state index contributed by atoms with van der Waals surface area (Å²) in [5.74, 6) is 1.12. The smallest absolute Gasteiger partial charge is 0.112 e. The number of aromatic nitrogens is 2. The maximum absolute atomic E-state index is 4.43. The lowest BCUT2D eigenvalue weighted by molar-refractivity contribution is 0.681. The number of rotatable bonds is 5. The second-order valence-electron chi connectivity index (χ2n) is 5.56. The Morgan fingerprint density at radius 1 is 1.32 bits per heavy atom. The van der Waals surface area contributed by atoms with Gasteiger partial charge < -0.3 is 9.88 Å². The Balaban J connectivity index is 1.80. The van der Waals surface area contributed by atoms with Crippen LogP contribution >= 0.6 is 0 Å². The van der Waals surface area contributed by atoms with Crippen LogP contribution in [0.1, 0.15) is 35.4 Å². The molecule has 0 amide bonds. The van der Waals surface area contributed by atoms with Crippen molar-refractivity contribution in [2.75, 3.05) is 0 Å². The molecule has 0 atom stereocenters. The van der Waals surface area contributed by atoms with Crippen LogP contribution in [-0.2, 0) is 20.0 Å². The number of nitrogens with zero attached hydrogens (tertiary/aromatic N) is 2. The average molecular weight is 255 g/mol. The molecule has 3 nitrogen and oxygen atoms in total. The zero-order valence-electron chi connectivity index (χ0n) is 11.7. The summed E-state index contributed by atoms with van der Waals surface area (Å²) in [5.41, 5.74) is 4.11. The van der Waals surface area contributed by atoms with Crippen molar-refractivity contribution in [3.63, 3.8) is 0 Å². The second-order valence-corrected chi connectivity index (χ2v) is 5.56. The van der Waals surface area contributed by atoms with E-state index in [1.165, 1.54) is 29.5 Å². The van der Waals surface area contributed by atoms with E-state index >= 15 is 0 Å². The third-order valence-electron chi connectivity index (χ3n) is 3.79. The van der Waals surface area contributed by atoms with Gasteiger partial charge in [0.2, 0.25) is 0 Å². The third kappa shape index (κ3) is 3.04. The summed E-state index contributed by atoms with van der Waals surface area (Å²) in [6.45, 7) is 3.13. The van der Waals surface area contributed by atoms with E-state index in [4.69, 9.17) is 0 Å². The van der Waals surface area contributed by atoms with Crippen LogP contribution in [0.15, 0.2) is 30.6 Å². The molecule has 100 valence electrons. The van der Waals surface area contributed by atoms with E-state index < -0.39 is 0 Å². The number of hydrogen-bond donors (Lipinski definition) is 1. The minimum atomic E-state index is 0.752. The van der Waals surface area contributed by atoms with Crippen molar-refractivity contribution >= 4 is 0 Å². The molecule has 1 fully saturated rings. The molecule has 0 saturated heterocycles. The van der Waals surface area contributed by atoms with Crippen LogP contribution in [0.3, 0.4) is 0 Å². The molecule has 1 aliphatic rings. The average Bonchev–Trinajstić information content (AvgIpc) is 3.13. The van der Waals surface area contributed by atoms with Crippen LogP contribution in [0, 0.1) is 6.92 Å². The van der Waals surface area contributed by atoms with Gasteiger partial charge in [-0.3, -0.25) is 0 Å². The quantitative estimate of drug-likeness (QED) is 0.890.